The van der Waals surface area contributed by atoms with E-state index in [1.807, 2.05) is 6.92 Å². The van der Waals surface area contributed by atoms with E-state index in [0.717, 1.165) is 25.7 Å². The molecule has 1 aliphatic carbocycles. The van der Waals surface area contributed by atoms with Gasteiger partial charge in [-0.15, -0.1) is 0 Å². The maximum absolute atomic E-state index is 12.2. The number of rotatable bonds is 4. The maximum Gasteiger partial charge on any atom is 0.242 e. The summed E-state index contributed by atoms with van der Waals surface area (Å²) in [6.07, 6.45) is 4.80. The van der Waals surface area contributed by atoms with Gasteiger partial charge in [-0.25, -0.2) is 18.1 Å². The van der Waals surface area contributed by atoms with E-state index in [1.165, 1.54) is 12.3 Å². The third kappa shape index (κ3) is 2.64. The van der Waals surface area contributed by atoms with Gasteiger partial charge in [0.25, 0.3) is 0 Å². The fraction of sp³-hybridized carbons (Fsp3) is 0.545. The van der Waals surface area contributed by atoms with Crippen molar-refractivity contribution < 1.29 is 8.42 Å². The van der Waals surface area contributed by atoms with E-state index in [9.17, 15) is 8.42 Å². The van der Waals surface area contributed by atoms with Crippen LogP contribution in [0.25, 0.3) is 0 Å². The lowest BCUT2D eigenvalue weighted by molar-refractivity contribution is 0.214. The van der Waals surface area contributed by atoms with Crippen molar-refractivity contribution in [3.05, 3.63) is 22.4 Å². The first-order valence-electron chi connectivity index (χ1n) is 5.74. The summed E-state index contributed by atoms with van der Waals surface area (Å²) in [7, 11) is -3.59. The highest BCUT2D eigenvalue weighted by atomic mass is 35.5. The van der Waals surface area contributed by atoms with Crippen LogP contribution in [0.2, 0.25) is 10.2 Å². The zero-order chi connectivity index (χ0) is 13.4. The minimum atomic E-state index is -3.59. The molecule has 0 aromatic carbocycles. The van der Waals surface area contributed by atoms with E-state index < -0.39 is 10.0 Å². The summed E-state index contributed by atoms with van der Waals surface area (Å²) in [4.78, 5) is 3.81. The van der Waals surface area contributed by atoms with Gasteiger partial charge in [0.2, 0.25) is 10.0 Å². The van der Waals surface area contributed by atoms with Crippen LogP contribution in [0, 0.1) is 0 Å². The van der Waals surface area contributed by atoms with Crippen molar-refractivity contribution in [1.82, 2.24) is 9.71 Å². The van der Waals surface area contributed by atoms with Gasteiger partial charge in [-0.05, 0) is 31.7 Å². The first-order chi connectivity index (χ1) is 8.38. The fourth-order valence-electron chi connectivity index (χ4n) is 2.03. The van der Waals surface area contributed by atoms with Crippen molar-refractivity contribution in [2.45, 2.75) is 43.0 Å². The highest BCUT2D eigenvalue weighted by Gasteiger charge is 2.39. The van der Waals surface area contributed by atoms with Crippen molar-refractivity contribution in [1.29, 1.82) is 0 Å². The van der Waals surface area contributed by atoms with E-state index in [0.29, 0.717) is 0 Å². The predicted octanol–water partition coefficient (Wildman–Crippen LogP) is 3.00. The molecule has 0 atom stereocenters. The second kappa shape index (κ2) is 4.96. The lowest BCUT2D eigenvalue weighted by Crippen LogP contribution is -2.52. The minimum absolute atomic E-state index is 0.0524. The lowest BCUT2D eigenvalue weighted by atomic mass is 9.76. The third-order valence-electron chi connectivity index (χ3n) is 3.42. The molecule has 1 aromatic heterocycles. The molecular weight excluding hydrogens is 295 g/mol. The molecule has 7 heteroatoms. The van der Waals surface area contributed by atoms with Crippen LogP contribution in [0.5, 0.6) is 0 Å². The first-order valence-corrected chi connectivity index (χ1v) is 7.97. The Morgan fingerprint density at radius 3 is 2.56 bits per heavy atom. The molecule has 1 saturated carbocycles. The fourth-order valence-corrected chi connectivity index (χ4v) is 3.86. The number of nitrogens with zero attached hydrogens (tertiary/aromatic N) is 1. The van der Waals surface area contributed by atoms with Crippen LogP contribution in [0.3, 0.4) is 0 Å². The summed E-state index contributed by atoms with van der Waals surface area (Å²) in [6, 6.07) is 1.32. The van der Waals surface area contributed by atoms with Crippen molar-refractivity contribution in [2.75, 3.05) is 0 Å². The highest BCUT2D eigenvalue weighted by Crippen LogP contribution is 2.36. The molecule has 0 aliphatic heterocycles. The molecule has 1 aromatic rings. The second-order valence-electron chi connectivity index (χ2n) is 4.54. The molecule has 1 aliphatic rings. The van der Waals surface area contributed by atoms with Gasteiger partial charge in [0, 0.05) is 11.7 Å². The van der Waals surface area contributed by atoms with Gasteiger partial charge in [-0.2, -0.15) is 0 Å². The molecule has 1 heterocycles. The van der Waals surface area contributed by atoms with Crippen molar-refractivity contribution in [2.24, 2.45) is 0 Å². The van der Waals surface area contributed by atoms with Gasteiger partial charge in [-0.3, -0.25) is 0 Å². The molecule has 0 amide bonds. The van der Waals surface area contributed by atoms with E-state index in [1.54, 1.807) is 0 Å². The van der Waals surface area contributed by atoms with Crippen LogP contribution in [0.1, 0.15) is 32.6 Å². The van der Waals surface area contributed by atoms with Crippen LogP contribution in [0.15, 0.2) is 17.2 Å². The average molecular weight is 309 g/mol. The Bertz CT molecular complexity index is 551. The Labute approximate surface area is 117 Å². The van der Waals surface area contributed by atoms with E-state index in [-0.39, 0.29) is 20.6 Å². The molecule has 18 heavy (non-hydrogen) atoms. The Balaban J connectivity index is 2.28. The number of hydrogen-bond donors (Lipinski definition) is 1. The van der Waals surface area contributed by atoms with Gasteiger partial charge in [-0.1, -0.05) is 30.1 Å². The largest absolute Gasteiger partial charge is 0.242 e. The SMILES string of the molecule is CCC1(NS(=O)(=O)c2cnc(Cl)c(Cl)c2)CCC1. The van der Waals surface area contributed by atoms with Crippen LogP contribution < -0.4 is 4.72 Å². The summed E-state index contributed by atoms with van der Waals surface area (Å²) in [5, 5.41) is 0.239. The van der Waals surface area contributed by atoms with E-state index >= 15 is 0 Å². The van der Waals surface area contributed by atoms with E-state index in [2.05, 4.69) is 9.71 Å². The Kier molecular flexibility index (Phi) is 3.88. The lowest BCUT2D eigenvalue weighted by Gasteiger charge is -2.41. The molecule has 0 unspecified atom stereocenters. The molecule has 0 spiro atoms. The highest BCUT2D eigenvalue weighted by molar-refractivity contribution is 7.89. The standard InChI is InChI=1S/C11H14Cl2N2O2S/c1-2-11(4-3-5-11)15-18(16,17)8-6-9(12)10(13)14-7-8/h6-7,15H,2-5H2,1H3. The maximum atomic E-state index is 12.2. The number of nitrogens with one attached hydrogen (secondary N) is 1. The number of pyridine rings is 1. The van der Waals surface area contributed by atoms with Crippen LogP contribution >= 0.6 is 23.2 Å². The molecule has 1 N–H and O–H groups in total. The molecule has 0 radical (unpaired) electrons. The normalized spacial score (nSPS) is 18.4. The molecule has 0 saturated heterocycles. The first kappa shape index (κ1) is 14.1. The van der Waals surface area contributed by atoms with Crippen LogP contribution in [0.4, 0.5) is 0 Å². The predicted molar refractivity (Wildman–Crippen MR) is 71.5 cm³/mol. The van der Waals surface area contributed by atoms with Gasteiger partial charge in [0.15, 0.2) is 0 Å². The number of halogens is 2. The zero-order valence-electron chi connectivity index (χ0n) is 9.91. The summed E-state index contributed by atoms with van der Waals surface area (Å²) in [5.41, 5.74) is -0.301. The average Bonchev–Trinajstić information content (AvgIpc) is 2.27. The molecule has 1 fully saturated rings. The van der Waals surface area contributed by atoms with Gasteiger partial charge >= 0.3 is 0 Å². The van der Waals surface area contributed by atoms with Crippen molar-refractivity contribution >= 4 is 33.2 Å². The number of aromatic nitrogens is 1. The summed E-state index contributed by atoms with van der Waals surface area (Å²) in [6.45, 7) is 1.98. The van der Waals surface area contributed by atoms with E-state index in [4.69, 9.17) is 23.2 Å². The molecular formula is C11H14Cl2N2O2S. The molecule has 0 bridgehead atoms. The summed E-state index contributed by atoms with van der Waals surface area (Å²) < 4.78 is 27.2. The zero-order valence-corrected chi connectivity index (χ0v) is 12.2. The summed E-state index contributed by atoms with van der Waals surface area (Å²) in [5.74, 6) is 0. The Morgan fingerprint density at radius 1 is 1.44 bits per heavy atom. The van der Waals surface area contributed by atoms with Gasteiger partial charge in [0.05, 0.1) is 5.02 Å². The number of sulfonamides is 1. The topological polar surface area (TPSA) is 59.1 Å². The van der Waals surface area contributed by atoms with Crippen LogP contribution in [-0.2, 0) is 10.0 Å². The number of hydrogen-bond acceptors (Lipinski definition) is 3. The minimum Gasteiger partial charge on any atom is -0.242 e. The molecule has 4 nitrogen and oxygen atoms in total. The molecule has 100 valence electrons. The Morgan fingerprint density at radius 2 is 2.11 bits per heavy atom. The van der Waals surface area contributed by atoms with Crippen molar-refractivity contribution in [3.8, 4) is 0 Å². The second-order valence-corrected chi connectivity index (χ2v) is 6.98. The third-order valence-corrected chi connectivity index (χ3v) is 5.65. The Hall–Kier alpha value is -0.360. The van der Waals surface area contributed by atoms with Crippen molar-refractivity contribution in [3.63, 3.8) is 0 Å². The van der Waals surface area contributed by atoms with Crippen LogP contribution in [-0.4, -0.2) is 18.9 Å². The summed E-state index contributed by atoms with van der Waals surface area (Å²) >= 11 is 11.5. The van der Waals surface area contributed by atoms with Gasteiger partial charge in [0.1, 0.15) is 10.0 Å². The molecule has 2 rings (SSSR count). The van der Waals surface area contributed by atoms with Gasteiger partial charge < -0.3 is 0 Å². The smallest absolute Gasteiger partial charge is 0.242 e. The monoisotopic (exact) mass is 308 g/mol. The quantitative estimate of drug-likeness (QED) is 0.870.